The van der Waals surface area contributed by atoms with E-state index in [2.05, 4.69) is 5.32 Å². The molecule has 0 unspecified atom stereocenters. The third kappa shape index (κ3) is 4.44. The number of halogens is 3. The molecule has 0 radical (unpaired) electrons. The number of nitrogens with two attached hydrogens (primary N) is 1. The SMILES string of the molecule is NC1(C(=O)Nc2cccc(CC(F)(F)F)c2)CCOCC1. The highest BCUT2D eigenvalue weighted by Crippen LogP contribution is 2.24. The normalized spacial score (nSPS) is 18.3. The molecule has 7 heteroatoms. The summed E-state index contributed by atoms with van der Waals surface area (Å²) in [5, 5.41) is 2.59. The first-order valence-electron chi connectivity index (χ1n) is 6.62. The highest BCUT2D eigenvalue weighted by molar-refractivity contribution is 5.98. The Morgan fingerprint density at radius 2 is 2.00 bits per heavy atom. The van der Waals surface area contributed by atoms with Crippen LogP contribution >= 0.6 is 0 Å². The van der Waals surface area contributed by atoms with E-state index in [0.29, 0.717) is 31.7 Å². The van der Waals surface area contributed by atoms with Crippen LogP contribution in [0.2, 0.25) is 0 Å². The Bertz CT molecular complexity index is 511. The fourth-order valence-electron chi connectivity index (χ4n) is 2.21. The van der Waals surface area contributed by atoms with Gasteiger partial charge < -0.3 is 15.8 Å². The fraction of sp³-hybridized carbons (Fsp3) is 0.500. The molecule has 0 bridgehead atoms. The van der Waals surface area contributed by atoms with E-state index in [1.54, 1.807) is 6.07 Å². The molecule has 0 aliphatic carbocycles. The van der Waals surface area contributed by atoms with Crippen LogP contribution in [0, 0.1) is 0 Å². The summed E-state index contributed by atoms with van der Waals surface area (Å²) in [6, 6.07) is 5.70. The molecule has 116 valence electrons. The minimum absolute atomic E-state index is 0.0957. The van der Waals surface area contributed by atoms with Crippen molar-refractivity contribution in [2.24, 2.45) is 5.73 Å². The Labute approximate surface area is 120 Å². The summed E-state index contributed by atoms with van der Waals surface area (Å²) >= 11 is 0. The molecule has 0 atom stereocenters. The van der Waals surface area contributed by atoms with Gasteiger partial charge in [0.1, 0.15) is 5.54 Å². The molecule has 1 aliphatic heterocycles. The zero-order valence-electron chi connectivity index (χ0n) is 11.4. The van der Waals surface area contributed by atoms with E-state index < -0.39 is 24.0 Å². The number of alkyl halides is 3. The van der Waals surface area contributed by atoms with E-state index in [1.807, 2.05) is 0 Å². The second kappa shape index (κ2) is 6.03. The van der Waals surface area contributed by atoms with Gasteiger partial charge >= 0.3 is 6.18 Å². The van der Waals surface area contributed by atoms with Crippen molar-refractivity contribution >= 4 is 11.6 Å². The molecule has 3 N–H and O–H groups in total. The first kappa shape index (κ1) is 15.8. The number of rotatable bonds is 3. The number of amides is 1. The van der Waals surface area contributed by atoms with Gasteiger partial charge in [0, 0.05) is 18.9 Å². The largest absolute Gasteiger partial charge is 0.393 e. The molecule has 0 aromatic heterocycles. The lowest BCUT2D eigenvalue weighted by atomic mass is 9.90. The summed E-state index contributed by atoms with van der Waals surface area (Å²) in [4.78, 5) is 12.2. The number of carbonyl (C=O) groups is 1. The molecule has 1 saturated heterocycles. The van der Waals surface area contributed by atoms with Gasteiger partial charge in [0.2, 0.25) is 5.91 Å². The highest BCUT2D eigenvalue weighted by atomic mass is 19.4. The van der Waals surface area contributed by atoms with Gasteiger partial charge in [0.25, 0.3) is 0 Å². The topological polar surface area (TPSA) is 64.4 Å². The minimum atomic E-state index is -4.28. The van der Waals surface area contributed by atoms with Gasteiger partial charge in [-0.1, -0.05) is 12.1 Å². The number of ether oxygens (including phenoxy) is 1. The maximum Gasteiger partial charge on any atom is 0.393 e. The molecule has 1 fully saturated rings. The molecule has 1 aromatic carbocycles. The quantitative estimate of drug-likeness (QED) is 0.900. The Kier molecular flexibility index (Phi) is 4.53. The molecule has 0 saturated carbocycles. The summed E-state index contributed by atoms with van der Waals surface area (Å²) < 4.78 is 42.3. The van der Waals surface area contributed by atoms with Crippen molar-refractivity contribution in [1.29, 1.82) is 0 Å². The number of hydrogen-bond acceptors (Lipinski definition) is 3. The standard InChI is InChI=1S/C14H17F3N2O2/c15-14(16,17)9-10-2-1-3-11(8-10)19-12(20)13(18)4-6-21-7-5-13/h1-3,8H,4-7,9,18H2,(H,19,20). The Balaban J connectivity index is 2.05. The van der Waals surface area contributed by atoms with Crippen molar-refractivity contribution in [3.8, 4) is 0 Å². The van der Waals surface area contributed by atoms with Crippen molar-refractivity contribution in [1.82, 2.24) is 0 Å². The molecule has 1 aromatic rings. The van der Waals surface area contributed by atoms with Gasteiger partial charge in [-0.3, -0.25) is 4.79 Å². The van der Waals surface area contributed by atoms with Gasteiger partial charge in [-0.25, -0.2) is 0 Å². The van der Waals surface area contributed by atoms with Crippen molar-refractivity contribution in [3.63, 3.8) is 0 Å². The maximum absolute atomic E-state index is 12.4. The second-order valence-corrected chi connectivity index (χ2v) is 5.21. The van der Waals surface area contributed by atoms with Crippen molar-refractivity contribution in [2.75, 3.05) is 18.5 Å². The average Bonchev–Trinajstić information content (AvgIpc) is 2.38. The predicted molar refractivity (Wildman–Crippen MR) is 71.8 cm³/mol. The van der Waals surface area contributed by atoms with Crippen LogP contribution in [-0.2, 0) is 16.0 Å². The lowest BCUT2D eigenvalue weighted by Crippen LogP contribution is -2.54. The molecule has 1 aliphatic rings. The van der Waals surface area contributed by atoms with E-state index in [4.69, 9.17) is 10.5 Å². The first-order chi connectivity index (χ1) is 9.78. The number of carbonyl (C=O) groups excluding carboxylic acids is 1. The van der Waals surface area contributed by atoms with Gasteiger partial charge in [0.05, 0.1) is 6.42 Å². The molecule has 4 nitrogen and oxygen atoms in total. The van der Waals surface area contributed by atoms with Crippen LogP contribution in [0.15, 0.2) is 24.3 Å². The minimum Gasteiger partial charge on any atom is -0.381 e. The highest BCUT2D eigenvalue weighted by Gasteiger charge is 2.36. The predicted octanol–water partition coefficient (Wildman–Crippen LogP) is 2.24. The number of nitrogens with one attached hydrogen (secondary N) is 1. The van der Waals surface area contributed by atoms with Gasteiger partial charge in [0.15, 0.2) is 0 Å². The van der Waals surface area contributed by atoms with Gasteiger partial charge in [-0.15, -0.1) is 0 Å². The third-order valence-electron chi connectivity index (χ3n) is 3.43. The molecule has 21 heavy (non-hydrogen) atoms. The van der Waals surface area contributed by atoms with Crippen LogP contribution in [0.1, 0.15) is 18.4 Å². The van der Waals surface area contributed by atoms with Crippen LogP contribution in [-0.4, -0.2) is 30.8 Å². The molecule has 1 heterocycles. The Morgan fingerprint density at radius 1 is 1.33 bits per heavy atom. The molecular formula is C14H17F3N2O2. The van der Waals surface area contributed by atoms with Gasteiger partial charge in [-0.05, 0) is 30.5 Å². The third-order valence-corrected chi connectivity index (χ3v) is 3.43. The maximum atomic E-state index is 12.4. The lowest BCUT2D eigenvalue weighted by molar-refractivity contribution is -0.127. The Morgan fingerprint density at radius 3 is 2.62 bits per heavy atom. The van der Waals surface area contributed by atoms with Crippen LogP contribution in [0.3, 0.4) is 0 Å². The van der Waals surface area contributed by atoms with Crippen molar-refractivity contribution in [3.05, 3.63) is 29.8 Å². The van der Waals surface area contributed by atoms with E-state index in [1.165, 1.54) is 18.2 Å². The number of hydrogen-bond donors (Lipinski definition) is 2. The summed E-state index contributed by atoms with van der Waals surface area (Å²) in [7, 11) is 0. The van der Waals surface area contributed by atoms with E-state index in [0.717, 1.165) is 0 Å². The monoisotopic (exact) mass is 302 g/mol. The lowest BCUT2D eigenvalue weighted by Gasteiger charge is -2.31. The van der Waals surface area contributed by atoms with Crippen LogP contribution < -0.4 is 11.1 Å². The summed E-state index contributed by atoms with van der Waals surface area (Å²) in [6.07, 6.45) is -4.53. The van der Waals surface area contributed by atoms with Crippen molar-refractivity contribution in [2.45, 2.75) is 31.0 Å². The zero-order valence-corrected chi connectivity index (χ0v) is 11.4. The molecule has 2 rings (SSSR count). The average molecular weight is 302 g/mol. The van der Waals surface area contributed by atoms with Gasteiger partial charge in [-0.2, -0.15) is 13.2 Å². The molecule has 1 amide bonds. The second-order valence-electron chi connectivity index (χ2n) is 5.21. The summed E-state index contributed by atoms with van der Waals surface area (Å²) in [5.41, 5.74) is 5.40. The number of anilines is 1. The first-order valence-corrected chi connectivity index (χ1v) is 6.62. The van der Waals surface area contributed by atoms with Crippen molar-refractivity contribution < 1.29 is 22.7 Å². The zero-order chi connectivity index (χ0) is 15.5. The fourth-order valence-corrected chi connectivity index (χ4v) is 2.21. The summed E-state index contributed by atoms with van der Waals surface area (Å²) in [5.74, 6) is -0.394. The summed E-state index contributed by atoms with van der Waals surface area (Å²) in [6.45, 7) is 0.802. The van der Waals surface area contributed by atoms with E-state index in [9.17, 15) is 18.0 Å². The molecular weight excluding hydrogens is 285 g/mol. The van der Waals surface area contributed by atoms with E-state index in [-0.39, 0.29) is 5.56 Å². The van der Waals surface area contributed by atoms with Crippen LogP contribution in [0.4, 0.5) is 18.9 Å². The smallest absolute Gasteiger partial charge is 0.381 e. The van der Waals surface area contributed by atoms with Crippen LogP contribution in [0.5, 0.6) is 0 Å². The Hall–Kier alpha value is -1.60. The van der Waals surface area contributed by atoms with E-state index >= 15 is 0 Å². The van der Waals surface area contributed by atoms with Crippen LogP contribution in [0.25, 0.3) is 0 Å². The molecule has 0 spiro atoms. The number of benzene rings is 1.